The van der Waals surface area contributed by atoms with Gasteiger partial charge in [-0.2, -0.15) is 0 Å². The summed E-state index contributed by atoms with van der Waals surface area (Å²) in [6.45, 7) is 4.88. The van der Waals surface area contributed by atoms with Crippen molar-refractivity contribution in [1.29, 1.82) is 0 Å². The molecule has 0 spiro atoms. The molecule has 0 aliphatic heterocycles. The molecule has 3 unspecified atom stereocenters. The third-order valence-corrected chi connectivity index (χ3v) is 6.80. The second kappa shape index (κ2) is 3.92. The average molecular weight is 339 g/mol. The van der Waals surface area contributed by atoms with Gasteiger partial charge in [-0.25, -0.2) is 0 Å². The summed E-state index contributed by atoms with van der Waals surface area (Å²) in [6.07, 6.45) is 8.74. The predicted molar refractivity (Wildman–Crippen MR) is 81.2 cm³/mol. The summed E-state index contributed by atoms with van der Waals surface area (Å²) < 4.78 is 6.50. The van der Waals surface area contributed by atoms with Gasteiger partial charge in [0.2, 0.25) is 0 Å². The van der Waals surface area contributed by atoms with Gasteiger partial charge >= 0.3 is 0 Å². The van der Waals surface area contributed by atoms with Crippen LogP contribution in [-0.2, 0) is 0 Å². The molecule has 2 nitrogen and oxygen atoms in total. The lowest BCUT2D eigenvalue weighted by molar-refractivity contribution is -0.190. The zero-order valence-corrected chi connectivity index (χ0v) is 13.9. The molecule has 0 amide bonds. The minimum absolute atomic E-state index is 0.0310. The second-order valence-corrected chi connectivity index (χ2v) is 9.38. The molecule has 20 heavy (non-hydrogen) atoms. The van der Waals surface area contributed by atoms with Crippen LogP contribution in [0.4, 0.5) is 0 Å². The molecule has 5 rings (SSSR count). The third-order valence-electron chi connectivity index (χ3n) is 6.14. The highest BCUT2D eigenvalue weighted by atomic mass is 79.9. The second-order valence-electron chi connectivity index (χ2n) is 8.53. The molecule has 4 aliphatic rings. The van der Waals surface area contributed by atoms with Crippen LogP contribution >= 0.6 is 15.9 Å². The molecule has 0 radical (unpaired) electrons. The van der Waals surface area contributed by atoms with Crippen molar-refractivity contribution in [1.82, 2.24) is 0 Å². The number of hydrogen-bond acceptors (Lipinski definition) is 2. The van der Waals surface area contributed by atoms with Gasteiger partial charge < -0.3 is 9.52 Å². The molecule has 4 fully saturated rings. The molecule has 0 aromatic carbocycles. The van der Waals surface area contributed by atoms with Crippen molar-refractivity contribution in [2.24, 2.45) is 22.2 Å². The molecule has 4 saturated carbocycles. The van der Waals surface area contributed by atoms with Crippen LogP contribution in [-0.4, -0.2) is 5.11 Å². The fourth-order valence-corrected chi connectivity index (χ4v) is 7.04. The first kappa shape index (κ1) is 13.4. The van der Waals surface area contributed by atoms with E-state index in [0.29, 0.717) is 10.8 Å². The van der Waals surface area contributed by atoms with E-state index in [1.54, 1.807) is 6.26 Å². The molecule has 4 aliphatic carbocycles. The van der Waals surface area contributed by atoms with E-state index in [2.05, 4.69) is 29.8 Å². The Labute approximate surface area is 129 Å². The van der Waals surface area contributed by atoms with Gasteiger partial charge in [0.1, 0.15) is 11.9 Å². The van der Waals surface area contributed by atoms with Crippen molar-refractivity contribution >= 4 is 15.9 Å². The molecule has 1 heterocycles. The van der Waals surface area contributed by atoms with Gasteiger partial charge in [0, 0.05) is 5.41 Å². The fourth-order valence-electron chi connectivity index (χ4n) is 6.62. The van der Waals surface area contributed by atoms with Crippen molar-refractivity contribution in [2.45, 2.75) is 58.5 Å². The van der Waals surface area contributed by atoms with Crippen LogP contribution in [0.25, 0.3) is 0 Å². The van der Waals surface area contributed by atoms with E-state index >= 15 is 0 Å². The van der Waals surface area contributed by atoms with Gasteiger partial charge in [0.15, 0.2) is 0 Å². The topological polar surface area (TPSA) is 33.4 Å². The van der Waals surface area contributed by atoms with Crippen LogP contribution in [0.1, 0.15) is 64.2 Å². The minimum atomic E-state index is -0.464. The van der Waals surface area contributed by atoms with Gasteiger partial charge in [-0.05, 0) is 77.3 Å². The van der Waals surface area contributed by atoms with Crippen LogP contribution in [0, 0.1) is 22.2 Å². The number of aliphatic hydroxyl groups is 1. The summed E-state index contributed by atoms with van der Waals surface area (Å²) >= 11 is 3.52. The number of hydrogen-bond donors (Lipinski definition) is 1. The average Bonchev–Trinajstić information content (AvgIpc) is 2.69. The monoisotopic (exact) mass is 338 g/mol. The summed E-state index contributed by atoms with van der Waals surface area (Å²) in [4.78, 5) is 0. The number of rotatable bonds is 2. The summed E-state index contributed by atoms with van der Waals surface area (Å²) in [5.74, 6) is 1.53. The minimum Gasteiger partial charge on any atom is -0.465 e. The summed E-state index contributed by atoms with van der Waals surface area (Å²) in [5.41, 5.74) is 0.881. The quantitative estimate of drug-likeness (QED) is 0.816. The Hall–Kier alpha value is -0.280. The maximum atomic E-state index is 11.1. The molecule has 110 valence electrons. The van der Waals surface area contributed by atoms with E-state index in [-0.39, 0.29) is 5.41 Å². The Morgan fingerprint density at radius 3 is 2.35 bits per heavy atom. The lowest BCUT2D eigenvalue weighted by Gasteiger charge is -2.66. The van der Waals surface area contributed by atoms with Crippen LogP contribution in [0.2, 0.25) is 0 Å². The van der Waals surface area contributed by atoms with E-state index in [4.69, 9.17) is 4.42 Å². The Kier molecular flexibility index (Phi) is 2.62. The van der Waals surface area contributed by atoms with E-state index in [1.165, 1.54) is 25.7 Å². The molecular weight excluding hydrogens is 316 g/mol. The van der Waals surface area contributed by atoms with Crippen LogP contribution in [0.5, 0.6) is 0 Å². The molecule has 3 heteroatoms. The first-order chi connectivity index (χ1) is 9.33. The fraction of sp³-hybridized carbons (Fsp3) is 0.765. The highest BCUT2D eigenvalue weighted by Gasteiger charge is 2.62. The Morgan fingerprint density at radius 2 is 1.85 bits per heavy atom. The Balaban J connectivity index is 1.75. The maximum absolute atomic E-state index is 11.1. The summed E-state index contributed by atoms with van der Waals surface area (Å²) in [5, 5.41) is 11.1. The maximum Gasteiger partial charge on any atom is 0.146 e. The van der Waals surface area contributed by atoms with E-state index < -0.39 is 6.10 Å². The molecule has 0 saturated heterocycles. The Morgan fingerprint density at radius 1 is 1.20 bits per heavy atom. The first-order valence-corrected chi connectivity index (χ1v) is 8.54. The van der Waals surface area contributed by atoms with Crippen molar-refractivity contribution in [3.63, 3.8) is 0 Å². The van der Waals surface area contributed by atoms with Crippen LogP contribution in [0.3, 0.4) is 0 Å². The van der Waals surface area contributed by atoms with E-state index in [0.717, 1.165) is 29.0 Å². The summed E-state index contributed by atoms with van der Waals surface area (Å²) in [6, 6.07) is 1.89. The molecule has 1 N–H and O–H groups in total. The molecule has 3 atom stereocenters. The van der Waals surface area contributed by atoms with Crippen molar-refractivity contribution in [3.05, 3.63) is 22.6 Å². The highest BCUT2D eigenvalue weighted by Crippen LogP contribution is 2.72. The Bertz CT molecular complexity index is 531. The zero-order chi connectivity index (χ0) is 14.2. The van der Waals surface area contributed by atoms with Crippen molar-refractivity contribution in [3.8, 4) is 0 Å². The number of aliphatic hydroxyl groups excluding tert-OH is 1. The standard InChI is InChI=1S/C17H23BrO2/c1-15-5-11-6-16(2,8-15)10-17(7-11,9-15)14(19)13-12(18)3-4-20-13/h3-4,11,14,19H,5-10H2,1-2H3. The predicted octanol–water partition coefficient (Wildman–Crippen LogP) is 5.07. The normalized spacial score (nSPS) is 47.7. The van der Waals surface area contributed by atoms with Gasteiger partial charge in [0.25, 0.3) is 0 Å². The lowest BCUT2D eigenvalue weighted by Crippen LogP contribution is -2.56. The number of furan rings is 1. The van der Waals surface area contributed by atoms with E-state index in [9.17, 15) is 5.11 Å². The number of halogens is 1. The van der Waals surface area contributed by atoms with Crippen LogP contribution in [0.15, 0.2) is 21.2 Å². The molecular formula is C17H23BrO2. The lowest BCUT2D eigenvalue weighted by atomic mass is 9.39. The third kappa shape index (κ3) is 1.78. The molecule has 4 bridgehead atoms. The van der Waals surface area contributed by atoms with Gasteiger partial charge in [-0.3, -0.25) is 0 Å². The van der Waals surface area contributed by atoms with Crippen molar-refractivity contribution in [2.75, 3.05) is 0 Å². The van der Waals surface area contributed by atoms with Gasteiger partial charge in [-0.15, -0.1) is 0 Å². The van der Waals surface area contributed by atoms with Gasteiger partial charge in [0.05, 0.1) is 10.7 Å². The SMILES string of the molecule is CC12CC3CC(C)(C1)CC(C(O)c1occc1Br)(C3)C2. The first-order valence-electron chi connectivity index (χ1n) is 7.74. The largest absolute Gasteiger partial charge is 0.465 e. The molecule has 1 aromatic heterocycles. The van der Waals surface area contributed by atoms with Crippen LogP contribution < -0.4 is 0 Å². The smallest absolute Gasteiger partial charge is 0.146 e. The van der Waals surface area contributed by atoms with Crippen molar-refractivity contribution < 1.29 is 9.52 Å². The van der Waals surface area contributed by atoms with Gasteiger partial charge in [-0.1, -0.05) is 13.8 Å². The highest BCUT2D eigenvalue weighted by molar-refractivity contribution is 9.10. The zero-order valence-electron chi connectivity index (χ0n) is 12.3. The molecule has 1 aromatic rings. The van der Waals surface area contributed by atoms with E-state index in [1.807, 2.05) is 6.07 Å². The summed E-state index contributed by atoms with van der Waals surface area (Å²) in [7, 11) is 0.